The Morgan fingerprint density at radius 2 is 1.57 bits per heavy atom. The molecule has 0 aliphatic rings. The van der Waals surface area contributed by atoms with Crippen LogP contribution in [0.4, 0.5) is 10.5 Å². The molecule has 1 N–H and O–H groups in total. The Morgan fingerprint density at radius 3 is 2.13 bits per heavy atom. The zero-order chi connectivity index (χ0) is 21.7. The molecule has 7 nitrogen and oxygen atoms in total. The van der Waals surface area contributed by atoms with Gasteiger partial charge in [0.15, 0.2) is 0 Å². The first-order valence-electron chi connectivity index (χ1n) is 9.87. The van der Waals surface area contributed by atoms with E-state index in [0.29, 0.717) is 18.8 Å². The smallest absolute Gasteiger partial charge is 0.329 e. The molecule has 2 amide bonds. The predicted molar refractivity (Wildman–Crippen MR) is 121 cm³/mol. The van der Waals surface area contributed by atoms with Gasteiger partial charge in [-0.1, -0.05) is 19.1 Å². The number of nitrogens with one attached hydrogen (secondary N) is 1. The SMILES string of the molecule is CCCn1c(=O)n(CCC(=O)Nc2ccc(SC(=O)N(C)C)cc2)c2ccccc21. The number of anilines is 1. The molecule has 0 bridgehead atoms. The number of nitrogens with zero attached hydrogens (tertiary/aromatic N) is 3. The summed E-state index contributed by atoms with van der Waals surface area (Å²) in [5.74, 6) is -0.168. The van der Waals surface area contributed by atoms with Gasteiger partial charge in [-0.25, -0.2) is 4.79 Å². The van der Waals surface area contributed by atoms with Gasteiger partial charge in [0.25, 0.3) is 5.24 Å². The molecule has 2 aromatic carbocycles. The number of imidazole rings is 1. The van der Waals surface area contributed by atoms with Crippen molar-refractivity contribution in [2.75, 3.05) is 19.4 Å². The molecule has 0 unspecified atom stereocenters. The lowest BCUT2D eigenvalue weighted by atomic mass is 10.3. The summed E-state index contributed by atoms with van der Waals surface area (Å²) in [5.41, 5.74) is 2.31. The Labute approximate surface area is 179 Å². The molecule has 30 heavy (non-hydrogen) atoms. The Kier molecular flexibility index (Phi) is 6.99. The first-order valence-corrected chi connectivity index (χ1v) is 10.7. The number of aryl methyl sites for hydroxylation is 2. The first-order chi connectivity index (χ1) is 14.4. The number of carbonyl (C=O) groups excluding carboxylic acids is 2. The van der Waals surface area contributed by atoms with Crippen LogP contribution in [-0.4, -0.2) is 39.3 Å². The Balaban J connectivity index is 1.65. The minimum atomic E-state index is -0.168. The summed E-state index contributed by atoms with van der Waals surface area (Å²) in [6.07, 6.45) is 1.05. The third kappa shape index (κ3) is 4.94. The molecule has 0 atom stereocenters. The van der Waals surface area contributed by atoms with Crippen LogP contribution in [-0.2, 0) is 17.9 Å². The molecule has 3 rings (SSSR count). The summed E-state index contributed by atoms with van der Waals surface area (Å²) in [6.45, 7) is 3.00. The monoisotopic (exact) mass is 426 g/mol. The van der Waals surface area contributed by atoms with E-state index in [0.717, 1.165) is 34.1 Å². The molecule has 0 spiro atoms. The van der Waals surface area contributed by atoms with E-state index in [2.05, 4.69) is 5.32 Å². The number of para-hydroxylation sites is 2. The maximum absolute atomic E-state index is 12.8. The standard InChI is InChI=1S/C22H26N4O3S/c1-4-14-25-18-7-5-6-8-19(18)26(21(25)28)15-13-20(27)23-16-9-11-17(12-10-16)30-22(29)24(2)3/h5-12H,4,13-15H2,1-3H3,(H,23,27). The molecule has 1 heterocycles. The number of hydrogen-bond acceptors (Lipinski definition) is 4. The number of carbonyl (C=O) groups is 2. The third-order valence-corrected chi connectivity index (χ3v) is 5.69. The normalized spacial score (nSPS) is 10.9. The molecule has 0 aliphatic heterocycles. The summed E-state index contributed by atoms with van der Waals surface area (Å²) in [6, 6.07) is 14.8. The van der Waals surface area contributed by atoms with E-state index < -0.39 is 0 Å². The number of rotatable bonds is 7. The second-order valence-corrected chi connectivity index (χ2v) is 8.18. The lowest BCUT2D eigenvalue weighted by Crippen LogP contribution is -2.26. The van der Waals surface area contributed by atoms with Crippen LogP contribution in [0.3, 0.4) is 0 Å². The van der Waals surface area contributed by atoms with Crippen molar-refractivity contribution in [3.63, 3.8) is 0 Å². The van der Waals surface area contributed by atoms with Gasteiger partial charge >= 0.3 is 5.69 Å². The van der Waals surface area contributed by atoms with E-state index in [1.807, 2.05) is 31.2 Å². The van der Waals surface area contributed by atoms with Gasteiger partial charge in [0, 0.05) is 44.2 Å². The number of hydrogen-bond donors (Lipinski definition) is 1. The summed E-state index contributed by atoms with van der Waals surface area (Å²) in [4.78, 5) is 39.3. The maximum atomic E-state index is 12.8. The molecule has 0 fully saturated rings. The van der Waals surface area contributed by atoms with E-state index in [4.69, 9.17) is 0 Å². The van der Waals surface area contributed by atoms with Crippen LogP contribution >= 0.6 is 11.8 Å². The van der Waals surface area contributed by atoms with Gasteiger partial charge in [0.1, 0.15) is 0 Å². The molecule has 1 aromatic heterocycles. The zero-order valence-corrected chi connectivity index (χ0v) is 18.2. The van der Waals surface area contributed by atoms with E-state index in [-0.39, 0.29) is 23.3 Å². The molecule has 0 saturated heterocycles. The Bertz CT molecular complexity index is 1100. The second-order valence-electron chi connectivity index (χ2n) is 7.16. The number of amides is 2. The minimum Gasteiger partial charge on any atom is -0.339 e. The van der Waals surface area contributed by atoms with Gasteiger partial charge < -0.3 is 10.2 Å². The topological polar surface area (TPSA) is 76.3 Å². The maximum Gasteiger partial charge on any atom is 0.329 e. The highest BCUT2D eigenvalue weighted by Crippen LogP contribution is 2.22. The van der Waals surface area contributed by atoms with Crippen molar-refractivity contribution in [1.82, 2.24) is 14.0 Å². The molecule has 0 saturated carbocycles. The van der Waals surface area contributed by atoms with Crippen molar-refractivity contribution >= 4 is 39.6 Å². The lowest BCUT2D eigenvalue weighted by Gasteiger charge is -2.10. The lowest BCUT2D eigenvalue weighted by molar-refractivity contribution is -0.116. The van der Waals surface area contributed by atoms with Crippen molar-refractivity contribution in [1.29, 1.82) is 0 Å². The van der Waals surface area contributed by atoms with Crippen LogP contribution in [0.25, 0.3) is 11.0 Å². The average Bonchev–Trinajstić information content (AvgIpc) is 2.99. The molecule has 3 aromatic rings. The highest BCUT2D eigenvalue weighted by Gasteiger charge is 2.13. The highest BCUT2D eigenvalue weighted by molar-refractivity contribution is 8.13. The number of benzene rings is 2. The molecule has 8 heteroatoms. The van der Waals surface area contributed by atoms with Gasteiger partial charge in [0.2, 0.25) is 5.91 Å². The molecular weight excluding hydrogens is 400 g/mol. The quantitative estimate of drug-likeness (QED) is 0.579. The fraction of sp³-hybridized carbons (Fsp3) is 0.318. The van der Waals surface area contributed by atoms with Gasteiger partial charge in [-0.2, -0.15) is 0 Å². The molecule has 158 valence electrons. The van der Waals surface area contributed by atoms with Crippen LogP contribution in [0, 0.1) is 0 Å². The van der Waals surface area contributed by atoms with E-state index in [1.165, 1.54) is 4.90 Å². The molecule has 0 aliphatic carbocycles. The number of aromatic nitrogens is 2. The fourth-order valence-electron chi connectivity index (χ4n) is 3.16. The average molecular weight is 427 g/mol. The van der Waals surface area contributed by atoms with Crippen LogP contribution in [0.5, 0.6) is 0 Å². The Morgan fingerprint density at radius 1 is 0.967 bits per heavy atom. The minimum absolute atomic E-state index is 0.0561. The molecular formula is C22H26N4O3S. The van der Waals surface area contributed by atoms with E-state index in [9.17, 15) is 14.4 Å². The van der Waals surface area contributed by atoms with Crippen molar-refractivity contribution in [3.8, 4) is 0 Å². The Hall–Kier alpha value is -3.00. The van der Waals surface area contributed by atoms with Crippen molar-refractivity contribution < 1.29 is 9.59 Å². The third-order valence-electron chi connectivity index (χ3n) is 4.64. The van der Waals surface area contributed by atoms with Crippen molar-refractivity contribution in [3.05, 3.63) is 59.0 Å². The largest absolute Gasteiger partial charge is 0.339 e. The summed E-state index contributed by atoms with van der Waals surface area (Å²) in [7, 11) is 3.41. The van der Waals surface area contributed by atoms with Gasteiger partial charge in [-0.3, -0.25) is 18.7 Å². The second kappa shape index (κ2) is 9.67. The molecule has 0 radical (unpaired) electrons. The van der Waals surface area contributed by atoms with Crippen LogP contribution in [0.2, 0.25) is 0 Å². The summed E-state index contributed by atoms with van der Waals surface area (Å²) >= 11 is 1.13. The predicted octanol–water partition coefficient (Wildman–Crippen LogP) is 4.02. The number of thioether (sulfide) groups is 1. The fourth-order valence-corrected chi connectivity index (χ4v) is 3.82. The van der Waals surface area contributed by atoms with Crippen LogP contribution < -0.4 is 11.0 Å². The van der Waals surface area contributed by atoms with Gasteiger partial charge in [-0.05, 0) is 54.6 Å². The van der Waals surface area contributed by atoms with Gasteiger partial charge in [0.05, 0.1) is 11.0 Å². The van der Waals surface area contributed by atoms with Crippen LogP contribution in [0.1, 0.15) is 19.8 Å². The van der Waals surface area contributed by atoms with Crippen molar-refractivity contribution in [2.24, 2.45) is 0 Å². The summed E-state index contributed by atoms with van der Waals surface area (Å²) < 4.78 is 3.43. The summed E-state index contributed by atoms with van der Waals surface area (Å²) in [5, 5.41) is 2.79. The van der Waals surface area contributed by atoms with Gasteiger partial charge in [-0.15, -0.1) is 0 Å². The number of fused-ring (bicyclic) bond motifs is 1. The van der Waals surface area contributed by atoms with Crippen LogP contribution in [0.15, 0.2) is 58.2 Å². The highest BCUT2D eigenvalue weighted by atomic mass is 32.2. The first kappa shape index (κ1) is 21.7. The van der Waals surface area contributed by atoms with E-state index in [1.54, 1.807) is 47.5 Å². The van der Waals surface area contributed by atoms with E-state index >= 15 is 0 Å². The van der Waals surface area contributed by atoms with Crippen molar-refractivity contribution in [2.45, 2.75) is 37.8 Å². The zero-order valence-electron chi connectivity index (χ0n) is 17.4.